The first-order valence-electron chi connectivity index (χ1n) is 6.44. The van der Waals surface area contributed by atoms with Gasteiger partial charge in [-0.25, -0.2) is 0 Å². The minimum absolute atomic E-state index is 0.624. The Morgan fingerprint density at radius 1 is 1.10 bits per heavy atom. The number of aryl methyl sites for hydroxylation is 1. The highest BCUT2D eigenvalue weighted by Crippen LogP contribution is 2.28. The lowest BCUT2D eigenvalue weighted by Crippen LogP contribution is -2.02. The van der Waals surface area contributed by atoms with E-state index >= 15 is 0 Å². The monoisotopic (exact) mass is 283 g/mol. The van der Waals surface area contributed by atoms with Gasteiger partial charge in [-0.1, -0.05) is 35.9 Å². The number of nitrogens with zero attached hydrogens (tertiary/aromatic N) is 1. The third kappa shape index (κ3) is 2.40. The molecule has 0 fully saturated rings. The van der Waals surface area contributed by atoms with Gasteiger partial charge in [-0.05, 0) is 42.3 Å². The van der Waals surface area contributed by atoms with Crippen LogP contribution in [0.3, 0.4) is 0 Å². The van der Waals surface area contributed by atoms with E-state index < -0.39 is 6.10 Å². The lowest BCUT2D eigenvalue weighted by Gasteiger charge is -2.15. The molecule has 1 atom stereocenters. The van der Waals surface area contributed by atoms with Gasteiger partial charge in [0.25, 0.3) is 0 Å². The summed E-state index contributed by atoms with van der Waals surface area (Å²) in [6.45, 7) is 1.96. The maximum absolute atomic E-state index is 10.6. The van der Waals surface area contributed by atoms with Gasteiger partial charge in [0.1, 0.15) is 6.10 Å². The van der Waals surface area contributed by atoms with E-state index in [1.165, 1.54) is 0 Å². The van der Waals surface area contributed by atoms with Crippen molar-refractivity contribution in [1.82, 2.24) is 4.98 Å². The third-order valence-corrected chi connectivity index (χ3v) is 3.70. The molecule has 3 heteroatoms. The second-order valence-electron chi connectivity index (χ2n) is 4.86. The Kier molecular flexibility index (Phi) is 3.43. The molecule has 0 bridgehead atoms. The summed E-state index contributed by atoms with van der Waals surface area (Å²) in [6, 6.07) is 15.4. The highest BCUT2D eigenvalue weighted by Gasteiger charge is 2.14. The van der Waals surface area contributed by atoms with E-state index in [9.17, 15) is 5.11 Å². The van der Waals surface area contributed by atoms with Crippen molar-refractivity contribution >= 4 is 22.5 Å². The normalized spacial score (nSPS) is 12.6. The van der Waals surface area contributed by atoms with Crippen LogP contribution in [0.15, 0.2) is 54.7 Å². The molecule has 0 aliphatic carbocycles. The van der Waals surface area contributed by atoms with Crippen molar-refractivity contribution in [2.45, 2.75) is 13.0 Å². The van der Waals surface area contributed by atoms with Crippen LogP contribution in [-0.4, -0.2) is 10.1 Å². The summed E-state index contributed by atoms with van der Waals surface area (Å²) < 4.78 is 0. The van der Waals surface area contributed by atoms with Gasteiger partial charge >= 0.3 is 0 Å². The first-order valence-corrected chi connectivity index (χ1v) is 6.82. The number of rotatable bonds is 2. The average molecular weight is 284 g/mol. The summed E-state index contributed by atoms with van der Waals surface area (Å²) in [5, 5.41) is 12.2. The van der Waals surface area contributed by atoms with Crippen LogP contribution < -0.4 is 0 Å². The molecule has 2 aromatic carbocycles. The van der Waals surface area contributed by atoms with Gasteiger partial charge in [0.05, 0.1) is 5.52 Å². The van der Waals surface area contributed by atoms with Gasteiger partial charge in [0.15, 0.2) is 0 Å². The minimum Gasteiger partial charge on any atom is -0.384 e. The van der Waals surface area contributed by atoms with Crippen molar-refractivity contribution in [2.24, 2.45) is 0 Å². The number of hydrogen-bond donors (Lipinski definition) is 1. The van der Waals surface area contributed by atoms with Crippen molar-refractivity contribution in [3.8, 4) is 0 Å². The SMILES string of the molecule is Cc1ccc(Cl)cc1C(O)c1cnc2ccccc2c1. The average Bonchev–Trinajstić information content (AvgIpc) is 2.48. The summed E-state index contributed by atoms with van der Waals surface area (Å²) in [4.78, 5) is 4.39. The fourth-order valence-corrected chi connectivity index (χ4v) is 2.50. The van der Waals surface area contributed by atoms with Crippen LogP contribution in [0.5, 0.6) is 0 Å². The van der Waals surface area contributed by atoms with Crippen LogP contribution >= 0.6 is 11.6 Å². The van der Waals surface area contributed by atoms with Crippen LogP contribution in [0.2, 0.25) is 5.02 Å². The van der Waals surface area contributed by atoms with Crippen molar-refractivity contribution in [3.63, 3.8) is 0 Å². The fraction of sp³-hybridized carbons (Fsp3) is 0.118. The largest absolute Gasteiger partial charge is 0.384 e. The molecule has 1 unspecified atom stereocenters. The zero-order valence-corrected chi connectivity index (χ0v) is 11.8. The number of para-hydroxylation sites is 1. The van der Waals surface area contributed by atoms with Crippen LogP contribution in [0.1, 0.15) is 22.8 Å². The predicted octanol–water partition coefficient (Wildman–Crippen LogP) is 4.28. The molecule has 0 aliphatic rings. The minimum atomic E-state index is -0.717. The van der Waals surface area contributed by atoms with E-state index in [1.807, 2.05) is 49.4 Å². The molecule has 1 N–H and O–H groups in total. The van der Waals surface area contributed by atoms with Gasteiger partial charge in [-0.15, -0.1) is 0 Å². The maximum Gasteiger partial charge on any atom is 0.106 e. The first-order chi connectivity index (χ1) is 9.65. The molecule has 0 saturated carbocycles. The number of hydrogen-bond acceptors (Lipinski definition) is 2. The molecule has 20 heavy (non-hydrogen) atoms. The lowest BCUT2D eigenvalue weighted by atomic mass is 9.98. The molecule has 100 valence electrons. The second kappa shape index (κ2) is 5.23. The molecule has 0 spiro atoms. The zero-order chi connectivity index (χ0) is 14.1. The summed E-state index contributed by atoms with van der Waals surface area (Å²) in [5.74, 6) is 0. The summed E-state index contributed by atoms with van der Waals surface area (Å²) in [7, 11) is 0. The van der Waals surface area contributed by atoms with E-state index in [1.54, 1.807) is 12.3 Å². The Balaban J connectivity index is 2.07. The number of pyridine rings is 1. The van der Waals surface area contributed by atoms with Crippen LogP contribution in [0.25, 0.3) is 10.9 Å². The summed E-state index contributed by atoms with van der Waals surface area (Å²) in [6.07, 6.45) is 0.999. The summed E-state index contributed by atoms with van der Waals surface area (Å²) in [5.41, 5.74) is 3.52. The molecule has 3 aromatic rings. The Morgan fingerprint density at radius 3 is 2.75 bits per heavy atom. The Morgan fingerprint density at radius 2 is 1.90 bits per heavy atom. The van der Waals surface area contributed by atoms with Gasteiger partial charge < -0.3 is 5.11 Å². The number of benzene rings is 2. The standard InChI is InChI=1S/C17H14ClNO/c1-11-6-7-14(18)9-15(11)17(20)13-8-12-4-2-3-5-16(12)19-10-13/h2-10,17,20H,1H3. The van der Waals surface area contributed by atoms with Gasteiger partial charge in [-0.2, -0.15) is 0 Å². The molecule has 2 nitrogen and oxygen atoms in total. The highest BCUT2D eigenvalue weighted by molar-refractivity contribution is 6.30. The highest BCUT2D eigenvalue weighted by atomic mass is 35.5. The Bertz CT molecular complexity index is 770. The predicted molar refractivity (Wildman–Crippen MR) is 82.0 cm³/mol. The number of aliphatic hydroxyl groups is 1. The van der Waals surface area contributed by atoms with Crippen LogP contribution in [-0.2, 0) is 0 Å². The number of fused-ring (bicyclic) bond motifs is 1. The first kappa shape index (κ1) is 13.1. The van der Waals surface area contributed by atoms with Crippen molar-refractivity contribution < 1.29 is 5.11 Å². The molecular formula is C17H14ClNO. The van der Waals surface area contributed by atoms with Crippen LogP contribution in [0.4, 0.5) is 0 Å². The molecule has 1 aromatic heterocycles. The Labute approximate surface area is 122 Å². The van der Waals surface area contributed by atoms with Crippen molar-refractivity contribution in [1.29, 1.82) is 0 Å². The van der Waals surface area contributed by atoms with Crippen molar-refractivity contribution in [3.05, 3.63) is 76.4 Å². The number of halogens is 1. The third-order valence-electron chi connectivity index (χ3n) is 3.46. The molecule has 3 rings (SSSR count). The van der Waals surface area contributed by atoms with Crippen molar-refractivity contribution in [2.75, 3.05) is 0 Å². The van der Waals surface area contributed by atoms with E-state index in [0.717, 1.165) is 27.6 Å². The van der Waals surface area contributed by atoms with E-state index in [0.29, 0.717) is 5.02 Å². The van der Waals surface area contributed by atoms with E-state index in [2.05, 4.69) is 4.98 Å². The smallest absolute Gasteiger partial charge is 0.106 e. The van der Waals surface area contributed by atoms with Crippen LogP contribution in [0, 0.1) is 6.92 Å². The van der Waals surface area contributed by atoms with Gasteiger partial charge in [0, 0.05) is 22.2 Å². The van der Waals surface area contributed by atoms with Gasteiger partial charge in [-0.3, -0.25) is 4.98 Å². The Hall–Kier alpha value is -1.90. The molecule has 0 amide bonds. The lowest BCUT2D eigenvalue weighted by molar-refractivity contribution is 0.219. The molecular weight excluding hydrogens is 270 g/mol. The second-order valence-corrected chi connectivity index (χ2v) is 5.30. The number of aliphatic hydroxyl groups excluding tert-OH is 1. The van der Waals surface area contributed by atoms with Gasteiger partial charge in [0.2, 0.25) is 0 Å². The zero-order valence-electron chi connectivity index (χ0n) is 11.0. The van der Waals surface area contributed by atoms with E-state index in [4.69, 9.17) is 11.6 Å². The van der Waals surface area contributed by atoms with E-state index in [-0.39, 0.29) is 0 Å². The quantitative estimate of drug-likeness (QED) is 0.761. The summed E-state index contributed by atoms with van der Waals surface area (Å²) >= 11 is 6.02. The fourth-order valence-electron chi connectivity index (χ4n) is 2.32. The molecule has 0 radical (unpaired) electrons. The number of aromatic nitrogens is 1. The maximum atomic E-state index is 10.6. The molecule has 0 aliphatic heterocycles. The molecule has 1 heterocycles. The molecule has 0 saturated heterocycles. The topological polar surface area (TPSA) is 33.1 Å².